The molecule has 0 aromatic heterocycles. The van der Waals surface area contributed by atoms with E-state index in [1.165, 1.54) is 0 Å². The summed E-state index contributed by atoms with van der Waals surface area (Å²) in [6.45, 7) is 11.1. The summed E-state index contributed by atoms with van der Waals surface area (Å²) in [5, 5.41) is 8.62. The third-order valence-corrected chi connectivity index (χ3v) is 4.34. The molecule has 0 saturated carbocycles. The summed E-state index contributed by atoms with van der Waals surface area (Å²) in [7, 11) is 0. The number of aryl methyl sites for hydroxylation is 1. The number of benzene rings is 1. The summed E-state index contributed by atoms with van der Waals surface area (Å²) in [6, 6.07) is 7.47. The first-order valence-electron chi connectivity index (χ1n) is 10.2. The van der Waals surface area contributed by atoms with E-state index in [4.69, 9.17) is 4.74 Å². The van der Waals surface area contributed by atoms with Crippen molar-refractivity contribution < 1.29 is 14.3 Å². The summed E-state index contributed by atoms with van der Waals surface area (Å²) >= 11 is 0. The molecular weight excluding hydrogens is 354 g/mol. The number of allylic oxidation sites excluding steroid dienone is 1. The van der Waals surface area contributed by atoms with E-state index >= 15 is 0 Å². The van der Waals surface area contributed by atoms with E-state index in [9.17, 15) is 9.59 Å². The maximum atomic E-state index is 12.3. The first-order chi connectivity index (χ1) is 13.5. The minimum Gasteiger partial charge on any atom is -0.493 e. The van der Waals surface area contributed by atoms with Crippen LogP contribution in [0.1, 0.15) is 52.0 Å². The van der Waals surface area contributed by atoms with Crippen LogP contribution in [0.3, 0.4) is 0 Å². The zero-order valence-electron chi connectivity index (χ0n) is 17.5. The van der Waals surface area contributed by atoms with Crippen molar-refractivity contribution in [3.63, 3.8) is 0 Å². The van der Waals surface area contributed by atoms with Crippen molar-refractivity contribution in [3.8, 4) is 5.75 Å². The highest BCUT2D eigenvalue weighted by molar-refractivity contribution is 5.88. The Morgan fingerprint density at radius 1 is 1.14 bits per heavy atom. The summed E-state index contributed by atoms with van der Waals surface area (Å²) in [4.78, 5) is 24.3. The van der Waals surface area contributed by atoms with Crippen LogP contribution in [0.2, 0.25) is 0 Å². The van der Waals surface area contributed by atoms with Gasteiger partial charge in [0.2, 0.25) is 11.8 Å². The van der Waals surface area contributed by atoms with E-state index in [-0.39, 0.29) is 18.4 Å². The van der Waals surface area contributed by atoms with Gasteiger partial charge in [-0.3, -0.25) is 9.59 Å². The van der Waals surface area contributed by atoms with Crippen LogP contribution in [0.25, 0.3) is 0 Å². The highest BCUT2D eigenvalue weighted by atomic mass is 16.5. The van der Waals surface area contributed by atoms with Crippen molar-refractivity contribution in [1.29, 1.82) is 0 Å². The largest absolute Gasteiger partial charge is 0.493 e. The highest BCUT2D eigenvalue weighted by Crippen LogP contribution is 2.19. The van der Waals surface area contributed by atoms with Gasteiger partial charge in [-0.2, -0.15) is 0 Å². The Morgan fingerprint density at radius 3 is 2.57 bits per heavy atom. The number of ether oxygens (including phenoxy) is 1. The number of nitrogens with one attached hydrogen (secondary N) is 3. The number of hydrogen-bond donors (Lipinski definition) is 3. The fourth-order valence-electron chi connectivity index (χ4n) is 2.61. The van der Waals surface area contributed by atoms with Crippen molar-refractivity contribution in [3.05, 3.63) is 42.1 Å². The van der Waals surface area contributed by atoms with Crippen molar-refractivity contribution in [2.24, 2.45) is 0 Å². The molecule has 0 aliphatic carbocycles. The average molecular weight is 390 g/mol. The Labute approximate surface area is 169 Å². The molecule has 1 unspecified atom stereocenters. The van der Waals surface area contributed by atoms with Gasteiger partial charge in [-0.05, 0) is 43.7 Å². The Bertz CT molecular complexity index is 631. The van der Waals surface area contributed by atoms with Gasteiger partial charge in [-0.15, -0.1) is 0 Å². The number of carbonyl (C=O) groups excluding carboxylic acids is 2. The lowest BCUT2D eigenvalue weighted by Crippen LogP contribution is -2.48. The number of rotatable bonds is 14. The lowest BCUT2D eigenvalue weighted by Gasteiger charge is -2.17. The van der Waals surface area contributed by atoms with Crippen molar-refractivity contribution in [2.75, 3.05) is 19.7 Å². The molecule has 0 saturated heterocycles. The Hall–Kier alpha value is -2.50. The SMILES string of the molecule is C=C(CC)NCC(=O)NC(CC)C(=O)NCCCc1ccccc1OCCC. The topological polar surface area (TPSA) is 79.5 Å². The van der Waals surface area contributed by atoms with Crippen LogP contribution < -0.4 is 20.7 Å². The van der Waals surface area contributed by atoms with Gasteiger partial charge in [-0.1, -0.05) is 45.5 Å². The van der Waals surface area contributed by atoms with Crippen LogP contribution >= 0.6 is 0 Å². The third-order valence-electron chi connectivity index (χ3n) is 4.34. The normalized spacial score (nSPS) is 11.4. The molecule has 3 N–H and O–H groups in total. The monoisotopic (exact) mass is 389 g/mol. The summed E-state index contributed by atoms with van der Waals surface area (Å²) in [5.74, 6) is 0.551. The molecule has 0 heterocycles. The average Bonchev–Trinajstić information content (AvgIpc) is 2.72. The number of hydrogen-bond acceptors (Lipinski definition) is 4. The lowest BCUT2D eigenvalue weighted by molar-refractivity contribution is -0.128. The molecule has 2 amide bonds. The Kier molecular flexibility index (Phi) is 11.5. The van der Waals surface area contributed by atoms with E-state index < -0.39 is 6.04 Å². The van der Waals surface area contributed by atoms with Gasteiger partial charge in [-0.25, -0.2) is 0 Å². The van der Waals surface area contributed by atoms with E-state index in [1.807, 2.05) is 32.0 Å². The fourth-order valence-corrected chi connectivity index (χ4v) is 2.61. The van der Waals surface area contributed by atoms with Crippen molar-refractivity contribution in [2.45, 2.75) is 58.9 Å². The Morgan fingerprint density at radius 2 is 1.89 bits per heavy atom. The molecule has 1 aromatic carbocycles. The molecule has 6 heteroatoms. The first kappa shape index (κ1) is 23.5. The molecule has 0 radical (unpaired) electrons. The van der Waals surface area contributed by atoms with Gasteiger partial charge < -0.3 is 20.7 Å². The van der Waals surface area contributed by atoms with Crippen LogP contribution in [-0.2, 0) is 16.0 Å². The lowest BCUT2D eigenvalue weighted by atomic mass is 10.1. The van der Waals surface area contributed by atoms with E-state index in [1.54, 1.807) is 0 Å². The minimum atomic E-state index is -0.524. The summed E-state index contributed by atoms with van der Waals surface area (Å²) < 4.78 is 5.76. The number of para-hydroxylation sites is 1. The zero-order chi connectivity index (χ0) is 20.8. The van der Waals surface area contributed by atoms with Crippen LogP contribution in [0, 0.1) is 0 Å². The Balaban J connectivity index is 2.38. The van der Waals surface area contributed by atoms with E-state index in [0.29, 0.717) is 19.6 Å². The smallest absolute Gasteiger partial charge is 0.242 e. The van der Waals surface area contributed by atoms with Crippen LogP contribution in [0.4, 0.5) is 0 Å². The van der Waals surface area contributed by atoms with Crippen molar-refractivity contribution in [1.82, 2.24) is 16.0 Å². The van der Waals surface area contributed by atoms with Gasteiger partial charge >= 0.3 is 0 Å². The molecule has 28 heavy (non-hydrogen) atoms. The first-order valence-corrected chi connectivity index (χ1v) is 10.2. The second kappa shape index (κ2) is 13.6. The zero-order valence-corrected chi connectivity index (χ0v) is 17.5. The molecule has 1 rings (SSSR count). The molecule has 0 aliphatic rings. The molecule has 0 spiro atoms. The second-order valence-corrected chi connectivity index (χ2v) is 6.69. The third kappa shape index (κ3) is 8.93. The fraction of sp³-hybridized carbons (Fsp3) is 0.545. The molecule has 1 aromatic rings. The van der Waals surface area contributed by atoms with Gasteiger partial charge in [0.15, 0.2) is 0 Å². The van der Waals surface area contributed by atoms with E-state index in [0.717, 1.165) is 42.7 Å². The minimum absolute atomic E-state index is 0.130. The van der Waals surface area contributed by atoms with Gasteiger partial charge in [0.25, 0.3) is 0 Å². The number of amides is 2. The van der Waals surface area contributed by atoms with Gasteiger partial charge in [0, 0.05) is 12.2 Å². The predicted octanol–water partition coefficient (Wildman–Crippen LogP) is 2.93. The molecule has 6 nitrogen and oxygen atoms in total. The molecule has 156 valence electrons. The maximum absolute atomic E-state index is 12.3. The number of carbonyl (C=O) groups is 2. The molecular formula is C22H35N3O3. The van der Waals surface area contributed by atoms with Crippen molar-refractivity contribution >= 4 is 11.8 Å². The van der Waals surface area contributed by atoms with Crippen LogP contribution in [0.5, 0.6) is 5.75 Å². The summed E-state index contributed by atoms with van der Waals surface area (Å²) in [6.07, 6.45) is 3.90. The van der Waals surface area contributed by atoms with Gasteiger partial charge in [0.05, 0.1) is 13.2 Å². The van der Waals surface area contributed by atoms with E-state index in [2.05, 4.69) is 35.5 Å². The molecule has 0 bridgehead atoms. The van der Waals surface area contributed by atoms with Crippen LogP contribution in [0.15, 0.2) is 36.5 Å². The quantitative estimate of drug-likeness (QED) is 0.428. The highest BCUT2D eigenvalue weighted by Gasteiger charge is 2.18. The van der Waals surface area contributed by atoms with Gasteiger partial charge in [0.1, 0.15) is 11.8 Å². The molecule has 0 aliphatic heterocycles. The standard InChI is InChI=1S/C22H35N3O3/c1-5-15-28-20-13-9-8-11-18(20)12-10-14-23-22(27)19(7-3)25-21(26)16-24-17(4)6-2/h8-9,11,13,19,24H,4-7,10,12,14-16H2,1-3H3,(H,23,27)(H,25,26). The predicted molar refractivity (Wildman–Crippen MR) is 113 cm³/mol. The molecule has 1 atom stereocenters. The second-order valence-electron chi connectivity index (χ2n) is 6.69. The molecule has 0 fully saturated rings. The summed E-state index contributed by atoms with van der Waals surface area (Å²) in [5.41, 5.74) is 1.95. The maximum Gasteiger partial charge on any atom is 0.242 e. The van der Waals surface area contributed by atoms with Crippen LogP contribution in [-0.4, -0.2) is 37.6 Å².